The van der Waals surface area contributed by atoms with Crippen molar-refractivity contribution in [3.8, 4) is 5.75 Å². The van der Waals surface area contributed by atoms with Crippen molar-refractivity contribution >= 4 is 17.7 Å². The first-order valence-corrected chi connectivity index (χ1v) is 6.62. The SMILES string of the molecule is CCOC(=O)c1cccnc1Sc1ccccc1O. The molecule has 0 bridgehead atoms. The molecule has 0 spiro atoms. The fraction of sp³-hybridized carbons (Fsp3) is 0.143. The first-order chi connectivity index (χ1) is 9.22. The number of benzene rings is 1. The van der Waals surface area contributed by atoms with Crippen molar-refractivity contribution in [2.75, 3.05) is 6.61 Å². The third-order valence-corrected chi connectivity index (χ3v) is 3.42. The summed E-state index contributed by atoms with van der Waals surface area (Å²) in [6.45, 7) is 2.07. The van der Waals surface area contributed by atoms with Gasteiger partial charge < -0.3 is 9.84 Å². The van der Waals surface area contributed by atoms with Gasteiger partial charge in [0, 0.05) is 6.20 Å². The predicted octanol–water partition coefficient (Wildman–Crippen LogP) is 3.12. The van der Waals surface area contributed by atoms with Crippen LogP contribution in [0.1, 0.15) is 17.3 Å². The van der Waals surface area contributed by atoms with E-state index in [2.05, 4.69) is 4.98 Å². The summed E-state index contributed by atoms with van der Waals surface area (Å²) in [5, 5.41) is 10.3. The normalized spacial score (nSPS) is 10.2. The highest BCUT2D eigenvalue weighted by Crippen LogP contribution is 2.34. The van der Waals surface area contributed by atoms with Gasteiger partial charge in [0.15, 0.2) is 0 Å². The van der Waals surface area contributed by atoms with E-state index in [4.69, 9.17) is 4.74 Å². The van der Waals surface area contributed by atoms with E-state index in [0.29, 0.717) is 22.1 Å². The van der Waals surface area contributed by atoms with Crippen LogP contribution in [0.2, 0.25) is 0 Å². The Balaban J connectivity index is 2.30. The maximum absolute atomic E-state index is 11.8. The number of phenolic OH excluding ortho intramolecular Hbond substituents is 1. The lowest BCUT2D eigenvalue weighted by Gasteiger charge is -2.08. The number of phenols is 1. The average molecular weight is 275 g/mol. The number of aromatic nitrogens is 1. The van der Waals surface area contributed by atoms with Gasteiger partial charge in [-0.25, -0.2) is 9.78 Å². The number of hydrogen-bond donors (Lipinski definition) is 1. The van der Waals surface area contributed by atoms with Crippen LogP contribution in [0.3, 0.4) is 0 Å². The highest BCUT2D eigenvalue weighted by atomic mass is 32.2. The van der Waals surface area contributed by atoms with E-state index in [9.17, 15) is 9.90 Å². The first-order valence-electron chi connectivity index (χ1n) is 5.80. The zero-order valence-corrected chi connectivity index (χ0v) is 11.2. The topological polar surface area (TPSA) is 59.4 Å². The van der Waals surface area contributed by atoms with E-state index in [1.54, 1.807) is 43.5 Å². The minimum Gasteiger partial charge on any atom is -0.507 e. The van der Waals surface area contributed by atoms with E-state index < -0.39 is 5.97 Å². The standard InChI is InChI=1S/C14H13NO3S/c1-2-18-14(17)10-6-5-9-15-13(10)19-12-8-4-3-7-11(12)16/h3-9,16H,2H2,1H3. The molecular weight excluding hydrogens is 262 g/mol. The molecule has 1 aromatic heterocycles. The number of para-hydroxylation sites is 1. The molecule has 0 atom stereocenters. The van der Waals surface area contributed by atoms with Gasteiger partial charge in [-0.3, -0.25) is 0 Å². The molecule has 98 valence electrons. The second-order valence-electron chi connectivity index (χ2n) is 3.65. The number of aromatic hydroxyl groups is 1. The monoisotopic (exact) mass is 275 g/mol. The molecule has 5 heteroatoms. The number of esters is 1. The Hall–Kier alpha value is -2.01. The lowest BCUT2D eigenvalue weighted by molar-refractivity contribution is 0.0521. The number of rotatable bonds is 4. The predicted molar refractivity (Wildman–Crippen MR) is 72.4 cm³/mol. The Bertz CT molecular complexity index is 586. The number of ether oxygens (including phenoxy) is 1. The van der Waals surface area contributed by atoms with Crippen LogP contribution in [0, 0.1) is 0 Å². The van der Waals surface area contributed by atoms with Gasteiger partial charge in [-0.15, -0.1) is 0 Å². The molecule has 1 heterocycles. The van der Waals surface area contributed by atoms with Crippen molar-refractivity contribution in [3.63, 3.8) is 0 Å². The van der Waals surface area contributed by atoms with Crippen LogP contribution in [0.15, 0.2) is 52.5 Å². The molecule has 0 aliphatic heterocycles. The van der Waals surface area contributed by atoms with Crippen molar-refractivity contribution in [1.29, 1.82) is 0 Å². The molecule has 4 nitrogen and oxygen atoms in total. The summed E-state index contributed by atoms with van der Waals surface area (Å²) in [5.41, 5.74) is 0.401. The summed E-state index contributed by atoms with van der Waals surface area (Å²) in [4.78, 5) is 16.6. The van der Waals surface area contributed by atoms with Crippen molar-refractivity contribution < 1.29 is 14.6 Å². The fourth-order valence-electron chi connectivity index (χ4n) is 1.48. The second kappa shape index (κ2) is 6.24. The summed E-state index contributed by atoms with van der Waals surface area (Å²) >= 11 is 1.23. The molecule has 2 rings (SSSR count). The number of carbonyl (C=O) groups excluding carboxylic acids is 1. The molecular formula is C14H13NO3S. The number of nitrogens with zero attached hydrogens (tertiary/aromatic N) is 1. The van der Waals surface area contributed by atoms with Crippen molar-refractivity contribution in [2.45, 2.75) is 16.8 Å². The molecule has 0 unspecified atom stereocenters. The quantitative estimate of drug-likeness (QED) is 0.869. The Kier molecular flexibility index (Phi) is 4.41. The summed E-state index contributed by atoms with van der Waals surface area (Å²) in [6, 6.07) is 10.3. The van der Waals surface area contributed by atoms with Gasteiger partial charge in [0.25, 0.3) is 0 Å². The Morgan fingerprint density at radius 2 is 2.11 bits per heavy atom. The van der Waals surface area contributed by atoms with Gasteiger partial charge >= 0.3 is 5.97 Å². The van der Waals surface area contributed by atoms with Gasteiger partial charge in [0.1, 0.15) is 10.8 Å². The van der Waals surface area contributed by atoms with Gasteiger partial charge in [-0.05, 0) is 31.2 Å². The zero-order chi connectivity index (χ0) is 13.7. The molecule has 1 aromatic carbocycles. The van der Waals surface area contributed by atoms with Crippen LogP contribution in [0.5, 0.6) is 5.75 Å². The lowest BCUT2D eigenvalue weighted by Crippen LogP contribution is -2.06. The molecule has 0 fully saturated rings. The summed E-state index contributed by atoms with van der Waals surface area (Å²) in [6.07, 6.45) is 1.60. The second-order valence-corrected chi connectivity index (χ2v) is 4.68. The van der Waals surface area contributed by atoms with Gasteiger partial charge in [0.05, 0.1) is 17.1 Å². The first kappa shape index (κ1) is 13.4. The maximum atomic E-state index is 11.8. The van der Waals surface area contributed by atoms with Gasteiger partial charge in [-0.2, -0.15) is 0 Å². The van der Waals surface area contributed by atoms with E-state index >= 15 is 0 Å². The highest BCUT2D eigenvalue weighted by Gasteiger charge is 2.15. The van der Waals surface area contributed by atoms with E-state index in [0.717, 1.165) is 0 Å². The van der Waals surface area contributed by atoms with E-state index in [1.807, 2.05) is 6.07 Å². The van der Waals surface area contributed by atoms with Crippen molar-refractivity contribution in [1.82, 2.24) is 4.98 Å². The van der Waals surface area contributed by atoms with Crippen LogP contribution in [0.4, 0.5) is 0 Å². The van der Waals surface area contributed by atoms with E-state index in [1.165, 1.54) is 11.8 Å². The van der Waals surface area contributed by atoms with Gasteiger partial charge in [0.2, 0.25) is 0 Å². The molecule has 0 aliphatic carbocycles. The molecule has 0 saturated carbocycles. The molecule has 1 N–H and O–H groups in total. The number of hydrogen-bond acceptors (Lipinski definition) is 5. The minimum absolute atomic E-state index is 0.160. The lowest BCUT2D eigenvalue weighted by atomic mass is 10.3. The maximum Gasteiger partial charge on any atom is 0.340 e. The van der Waals surface area contributed by atoms with Crippen LogP contribution in [-0.4, -0.2) is 22.7 Å². The van der Waals surface area contributed by atoms with Gasteiger partial charge in [-0.1, -0.05) is 23.9 Å². The highest BCUT2D eigenvalue weighted by molar-refractivity contribution is 7.99. The Labute approximate surface area is 115 Å². The largest absolute Gasteiger partial charge is 0.507 e. The third kappa shape index (κ3) is 3.26. The molecule has 0 saturated heterocycles. The van der Waals surface area contributed by atoms with Crippen molar-refractivity contribution in [3.05, 3.63) is 48.2 Å². The summed E-state index contributed by atoms with van der Waals surface area (Å²) in [7, 11) is 0. The molecule has 19 heavy (non-hydrogen) atoms. The summed E-state index contributed by atoms with van der Waals surface area (Å²) < 4.78 is 4.98. The molecule has 0 aliphatic rings. The molecule has 0 amide bonds. The number of pyridine rings is 1. The minimum atomic E-state index is -0.409. The zero-order valence-electron chi connectivity index (χ0n) is 10.4. The Morgan fingerprint density at radius 3 is 2.84 bits per heavy atom. The van der Waals surface area contributed by atoms with Crippen LogP contribution in [-0.2, 0) is 4.74 Å². The number of carbonyl (C=O) groups is 1. The third-order valence-electron chi connectivity index (χ3n) is 2.34. The van der Waals surface area contributed by atoms with Crippen LogP contribution in [0.25, 0.3) is 0 Å². The van der Waals surface area contributed by atoms with E-state index in [-0.39, 0.29) is 5.75 Å². The Morgan fingerprint density at radius 1 is 1.32 bits per heavy atom. The smallest absolute Gasteiger partial charge is 0.340 e. The molecule has 2 aromatic rings. The van der Waals surface area contributed by atoms with Crippen LogP contribution >= 0.6 is 11.8 Å². The average Bonchev–Trinajstić information content (AvgIpc) is 2.42. The molecule has 0 radical (unpaired) electrons. The van der Waals surface area contributed by atoms with Crippen molar-refractivity contribution in [2.24, 2.45) is 0 Å². The summed E-state index contributed by atoms with van der Waals surface area (Å²) in [5.74, 6) is -0.249. The van der Waals surface area contributed by atoms with Crippen LogP contribution < -0.4 is 0 Å². The fourth-order valence-corrected chi connectivity index (χ4v) is 2.39.